The van der Waals surface area contributed by atoms with Crippen molar-refractivity contribution in [1.29, 1.82) is 5.26 Å². The van der Waals surface area contributed by atoms with Crippen molar-refractivity contribution in [3.05, 3.63) is 66.0 Å². The Morgan fingerprint density at radius 2 is 1.65 bits per heavy atom. The summed E-state index contributed by atoms with van der Waals surface area (Å²) >= 11 is 0. The number of rotatable bonds is 2. The molecule has 0 heterocycles. The van der Waals surface area contributed by atoms with Gasteiger partial charge in [0.05, 0.1) is 5.69 Å². The molecule has 2 rings (SSSR count). The van der Waals surface area contributed by atoms with Crippen LogP contribution in [-0.2, 0) is 0 Å². The van der Waals surface area contributed by atoms with E-state index in [0.29, 0.717) is 11.4 Å². The van der Waals surface area contributed by atoms with E-state index in [1.54, 1.807) is 0 Å². The van der Waals surface area contributed by atoms with Gasteiger partial charge in [-0.2, -0.15) is 5.26 Å². The van der Waals surface area contributed by atoms with E-state index in [1.807, 2.05) is 36.4 Å². The minimum Gasteiger partial charge on any atom is -0.237 e. The molecule has 82 valence electrons. The number of hydrogen-bond acceptors (Lipinski definition) is 2. The summed E-state index contributed by atoms with van der Waals surface area (Å²) in [5, 5.41) is 9.04. The van der Waals surface area contributed by atoms with Crippen LogP contribution in [0.4, 0.5) is 10.1 Å². The van der Waals surface area contributed by atoms with Gasteiger partial charge < -0.3 is 0 Å². The van der Waals surface area contributed by atoms with Crippen LogP contribution in [0.2, 0.25) is 0 Å². The molecule has 0 saturated carbocycles. The lowest BCUT2D eigenvalue weighted by molar-refractivity contribution is 0.628. The fraction of sp³-hybridized carbons (Fsp3) is 0. The second-order valence-corrected chi connectivity index (χ2v) is 3.41. The summed E-state index contributed by atoms with van der Waals surface area (Å²) in [6.07, 6.45) is 0. The molecule has 0 aromatic heterocycles. The zero-order valence-corrected chi connectivity index (χ0v) is 8.97. The fourth-order valence-electron chi connectivity index (χ4n) is 1.39. The molecule has 3 heteroatoms. The minimum atomic E-state index is -0.317. The highest BCUT2D eigenvalue weighted by molar-refractivity contribution is 6.12. The Bertz CT molecular complexity index is 565. The Morgan fingerprint density at radius 3 is 2.24 bits per heavy atom. The third kappa shape index (κ3) is 2.76. The first kappa shape index (κ1) is 11.0. The largest absolute Gasteiger partial charge is 0.237 e. The van der Waals surface area contributed by atoms with Gasteiger partial charge in [-0.3, -0.25) is 0 Å². The van der Waals surface area contributed by atoms with E-state index in [-0.39, 0.29) is 5.82 Å². The maximum absolute atomic E-state index is 12.7. The molecule has 0 unspecified atom stereocenters. The van der Waals surface area contributed by atoms with E-state index in [4.69, 9.17) is 5.26 Å². The molecule has 0 saturated heterocycles. The highest BCUT2D eigenvalue weighted by Crippen LogP contribution is 2.14. The van der Waals surface area contributed by atoms with Gasteiger partial charge in [-0.05, 0) is 24.3 Å². The molecule has 2 aromatic rings. The number of nitrogens with zero attached hydrogens (tertiary/aromatic N) is 2. The molecule has 0 aliphatic rings. The summed E-state index contributed by atoms with van der Waals surface area (Å²) in [5.41, 5.74) is 1.63. The number of halogens is 1. The molecule has 0 bridgehead atoms. The Kier molecular flexibility index (Phi) is 3.27. The molecular weight excluding hydrogens is 215 g/mol. The molecule has 0 N–H and O–H groups in total. The van der Waals surface area contributed by atoms with Crippen LogP contribution in [0, 0.1) is 17.1 Å². The van der Waals surface area contributed by atoms with Gasteiger partial charge >= 0.3 is 0 Å². The van der Waals surface area contributed by atoms with E-state index in [0.717, 1.165) is 5.56 Å². The summed E-state index contributed by atoms with van der Waals surface area (Å²) < 4.78 is 12.7. The van der Waals surface area contributed by atoms with Gasteiger partial charge in [0, 0.05) is 5.56 Å². The van der Waals surface area contributed by atoms with Crippen LogP contribution in [-0.4, -0.2) is 5.71 Å². The molecule has 2 nitrogen and oxygen atoms in total. The van der Waals surface area contributed by atoms with Gasteiger partial charge in [-0.1, -0.05) is 30.3 Å². The molecule has 0 atom stereocenters. The van der Waals surface area contributed by atoms with Gasteiger partial charge in [-0.15, -0.1) is 0 Å². The lowest BCUT2D eigenvalue weighted by Gasteiger charge is -1.98. The maximum atomic E-state index is 12.7. The Balaban J connectivity index is 2.37. The summed E-state index contributed by atoms with van der Waals surface area (Å²) in [7, 11) is 0. The van der Waals surface area contributed by atoms with Crippen LogP contribution in [0.25, 0.3) is 0 Å². The fourth-order valence-corrected chi connectivity index (χ4v) is 1.39. The van der Waals surface area contributed by atoms with E-state index in [1.165, 1.54) is 24.3 Å². The van der Waals surface area contributed by atoms with Crippen LogP contribution >= 0.6 is 0 Å². The normalized spacial score (nSPS) is 10.9. The Morgan fingerprint density at radius 1 is 1.00 bits per heavy atom. The molecule has 0 radical (unpaired) electrons. The maximum Gasteiger partial charge on any atom is 0.148 e. The molecule has 0 fully saturated rings. The summed E-state index contributed by atoms with van der Waals surface area (Å²) in [4.78, 5) is 4.18. The summed E-state index contributed by atoms with van der Waals surface area (Å²) in [6.45, 7) is 0. The van der Waals surface area contributed by atoms with Crippen LogP contribution in [0.5, 0.6) is 0 Å². The zero-order valence-electron chi connectivity index (χ0n) is 8.97. The van der Waals surface area contributed by atoms with Crippen molar-refractivity contribution >= 4 is 11.4 Å². The smallest absolute Gasteiger partial charge is 0.148 e. The average Bonchev–Trinajstić information content (AvgIpc) is 2.39. The van der Waals surface area contributed by atoms with Crippen molar-refractivity contribution in [1.82, 2.24) is 0 Å². The molecule has 0 amide bonds. The minimum absolute atomic E-state index is 0.317. The summed E-state index contributed by atoms with van der Waals surface area (Å²) in [6, 6.07) is 16.9. The second-order valence-electron chi connectivity index (χ2n) is 3.41. The van der Waals surface area contributed by atoms with Gasteiger partial charge in [0.1, 0.15) is 17.6 Å². The number of benzene rings is 2. The topological polar surface area (TPSA) is 36.1 Å². The van der Waals surface area contributed by atoms with Gasteiger partial charge in [0.15, 0.2) is 0 Å². The van der Waals surface area contributed by atoms with E-state index < -0.39 is 0 Å². The molecule has 0 aliphatic heterocycles. The number of nitriles is 1. The predicted molar refractivity (Wildman–Crippen MR) is 64.7 cm³/mol. The van der Waals surface area contributed by atoms with Crippen LogP contribution < -0.4 is 0 Å². The molecule has 0 aliphatic carbocycles. The number of aliphatic imine (C=N–C) groups is 1. The van der Waals surface area contributed by atoms with Crippen molar-refractivity contribution in [2.75, 3.05) is 0 Å². The molecule has 17 heavy (non-hydrogen) atoms. The van der Waals surface area contributed by atoms with Crippen molar-refractivity contribution in [3.8, 4) is 6.07 Å². The van der Waals surface area contributed by atoms with Gasteiger partial charge in [-0.25, -0.2) is 9.38 Å². The lowest BCUT2D eigenvalue weighted by atomic mass is 10.1. The van der Waals surface area contributed by atoms with Crippen molar-refractivity contribution in [2.45, 2.75) is 0 Å². The molecular formula is C14H9FN2. The third-order valence-electron chi connectivity index (χ3n) is 2.22. The Hall–Kier alpha value is -2.47. The highest BCUT2D eigenvalue weighted by Gasteiger charge is 2.01. The number of hydrogen-bond donors (Lipinski definition) is 0. The van der Waals surface area contributed by atoms with E-state index >= 15 is 0 Å². The van der Waals surface area contributed by atoms with Gasteiger partial charge in [0.25, 0.3) is 0 Å². The first-order valence-electron chi connectivity index (χ1n) is 5.09. The second kappa shape index (κ2) is 5.04. The highest BCUT2D eigenvalue weighted by atomic mass is 19.1. The van der Waals surface area contributed by atoms with E-state index in [9.17, 15) is 4.39 Å². The van der Waals surface area contributed by atoms with Crippen molar-refractivity contribution in [3.63, 3.8) is 0 Å². The summed E-state index contributed by atoms with van der Waals surface area (Å²) in [5.74, 6) is -0.317. The van der Waals surface area contributed by atoms with Crippen molar-refractivity contribution in [2.24, 2.45) is 4.99 Å². The SMILES string of the molecule is N#CC(=Nc1ccc(F)cc1)c1ccccc1. The quantitative estimate of drug-likeness (QED) is 0.719. The van der Waals surface area contributed by atoms with Crippen molar-refractivity contribution < 1.29 is 4.39 Å². The standard InChI is InChI=1S/C14H9FN2/c15-12-6-8-13(9-7-12)17-14(10-16)11-4-2-1-3-5-11/h1-9H. The average molecular weight is 224 g/mol. The Labute approximate surface area is 98.7 Å². The first-order valence-corrected chi connectivity index (χ1v) is 5.09. The predicted octanol–water partition coefficient (Wildman–Crippen LogP) is 3.47. The monoisotopic (exact) mass is 224 g/mol. The molecule has 0 spiro atoms. The van der Waals surface area contributed by atoms with E-state index in [2.05, 4.69) is 4.99 Å². The zero-order chi connectivity index (χ0) is 12.1. The van der Waals surface area contributed by atoms with Crippen LogP contribution in [0.1, 0.15) is 5.56 Å². The third-order valence-corrected chi connectivity index (χ3v) is 2.22. The molecule has 2 aromatic carbocycles. The lowest BCUT2D eigenvalue weighted by Crippen LogP contribution is -1.95. The van der Waals surface area contributed by atoms with Crippen LogP contribution in [0.15, 0.2) is 59.6 Å². The van der Waals surface area contributed by atoms with Gasteiger partial charge in [0.2, 0.25) is 0 Å². The van der Waals surface area contributed by atoms with Crippen LogP contribution in [0.3, 0.4) is 0 Å². The first-order chi connectivity index (χ1) is 8.29.